The van der Waals surface area contributed by atoms with Crippen molar-refractivity contribution in [2.24, 2.45) is 0 Å². The molecule has 4 aromatic rings. The minimum atomic E-state index is -0.322. The molecule has 0 bridgehead atoms. The highest BCUT2D eigenvalue weighted by molar-refractivity contribution is 7.71. The highest BCUT2D eigenvalue weighted by Gasteiger charge is 2.20. The first-order chi connectivity index (χ1) is 14.2. The quantitative estimate of drug-likeness (QED) is 0.485. The number of benzene rings is 3. The summed E-state index contributed by atoms with van der Waals surface area (Å²) in [6.45, 7) is 3.04. The second-order valence-electron chi connectivity index (χ2n) is 6.82. The van der Waals surface area contributed by atoms with Crippen LogP contribution in [0.2, 0.25) is 0 Å². The first-order valence-electron chi connectivity index (χ1n) is 9.42. The Balaban J connectivity index is 1.48. The summed E-state index contributed by atoms with van der Waals surface area (Å²) in [6, 6.07) is 20.0. The Hall–Kier alpha value is -3.32. The van der Waals surface area contributed by atoms with Crippen LogP contribution in [0.25, 0.3) is 16.5 Å². The van der Waals surface area contributed by atoms with Gasteiger partial charge in [-0.25, -0.2) is 0 Å². The van der Waals surface area contributed by atoms with Crippen LogP contribution in [0.1, 0.15) is 18.9 Å². The normalized spacial score (nSPS) is 14.0. The Morgan fingerprint density at radius 1 is 1.00 bits per heavy atom. The van der Waals surface area contributed by atoms with Crippen molar-refractivity contribution in [3.8, 4) is 22.9 Å². The van der Waals surface area contributed by atoms with Crippen molar-refractivity contribution in [3.63, 3.8) is 0 Å². The predicted octanol–water partition coefficient (Wildman–Crippen LogP) is 4.99. The molecule has 0 fully saturated rings. The number of rotatable bonds is 4. The summed E-state index contributed by atoms with van der Waals surface area (Å²) < 4.78 is 19.9. The van der Waals surface area contributed by atoms with Gasteiger partial charge in [0.25, 0.3) is 0 Å². The van der Waals surface area contributed by atoms with Crippen LogP contribution in [0.15, 0.2) is 60.7 Å². The summed E-state index contributed by atoms with van der Waals surface area (Å²) in [5.74, 6) is 2.89. The minimum absolute atomic E-state index is 0.322. The molecule has 1 aliphatic heterocycles. The van der Waals surface area contributed by atoms with E-state index in [1.165, 1.54) is 5.39 Å². The van der Waals surface area contributed by atoms with E-state index in [1.807, 2.05) is 54.0 Å². The predicted molar refractivity (Wildman–Crippen MR) is 113 cm³/mol. The number of aromatic nitrogens is 3. The molecule has 1 atom stereocenters. The van der Waals surface area contributed by atoms with E-state index >= 15 is 0 Å². The van der Waals surface area contributed by atoms with Gasteiger partial charge >= 0.3 is 0 Å². The van der Waals surface area contributed by atoms with E-state index in [1.54, 1.807) is 0 Å². The lowest BCUT2D eigenvalue weighted by Gasteiger charge is -2.20. The van der Waals surface area contributed by atoms with Crippen LogP contribution in [0.5, 0.6) is 17.2 Å². The van der Waals surface area contributed by atoms with Gasteiger partial charge in [0.05, 0.1) is 5.69 Å². The second-order valence-corrected chi connectivity index (χ2v) is 7.21. The third-order valence-corrected chi connectivity index (χ3v) is 5.15. The third kappa shape index (κ3) is 3.34. The lowest BCUT2D eigenvalue weighted by Crippen LogP contribution is -2.16. The molecular weight excluding hydrogens is 386 g/mol. The van der Waals surface area contributed by atoms with Gasteiger partial charge in [-0.3, -0.25) is 9.67 Å². The van der Waals surface area contributed by atoms with Crippen molar-refractivity contribution in [3.05, 3.63) is 71.3 Å². The fourth-order valence-electron chi connectivity index (χ4n) is 3.50. The number of ether oxygens (including phenoxy) is 3. The summed E-state index contributed by atoms with van der Waals surface area (Å²) in [5.41, 5.74) is 0.844. The Labute approximate surface area is 172 Å². The third-order valence-electron chi connectivity index (χ3n) is 4.88. The Bertz CT molecular complexity index is 1250. The summed E-state index contributed by atoms with van der Waals surface area (Å²) in [4.78, 5) is 0. The van der Waals surface area contributed by atoms with Crippen LogP contribution < -0.4 is 14.2 Å². The van der Waals surface area contributed by atoms with Gasteiger partial charge in [0.2, 0.25) is 0 Å². The zero-order valence-corrected chi connectivity index (χ0v) is 16.6. The van der Waals surface area contributed by atoms with Crippen LogP contribution in [0.3, 0.4) is 0 Å². The van der Waals surface area contributed by atoms with E-state index < -0.39 is 0 Å². The molecule has 0 amide bonds. The van der Waals surface area contributed by atoms with Crippen molar-refractivity contribution in [1.82, 2.24) is 14.8 Å². The largest absolute Gasteiger partial charge is 0.486 e. The molecular formula is C22H19N3O3S. The van der Waals surface area contributed by atoms with E-state index in [4.69, 9.17) is 26.4 Å². The maximum Gasteiger partial charge on any atom is 0.199 e. The molecule has 1 N–H and O–H groups in total. The molecule has 1 aromatic heterocycles. The molecule has 0 saturated heterocycles. The summed E-state index contributed by atoms with van der Waals surface area (Å²) >= 11 is 5.47. The molecule has 0 radical (unpaired) electrons. The van der Waals surface area contributed by atoms with Crippen molar-refractivity contribution in [1.29, 1.82) is 0 Å². The minimum Gasteiger partial charge on any atom is -0.486 e. The van der Waals surface area contributed by atoms with Gasteiger partial charge in [-0.2, -0.15) is 5.10 Å². The Morgan fingerprint density at radius 3 is 2.66 bits per heavy atom. The molecule has 7 heteroatoms. The van der Waals surface area contributed by atoms with E-state index in [2.05, 4.69) is 28.4 Å². The molecule has 0 saturated carbocycles. The fourth-order valence-corrected chi connectivity index (χ4v) is 3.74. The molecule has 3 aromatic carbocycles. The van der Waals surface area contributed by atoms with Gasteiger partial charge in [0.15, 0.2) is 28.2 Å². The molecule has 1 aliphatic rings. The average molecular weight is 405 g/mol. The number of aromatic amines is 1. The van der Waals surface area contributed by atoms with Gasteiger partial charge in [-0.15, -0.1) is 0 Å². The highest BCUT2D eigenvalue weighted by atomic mass is 32.1. The Morgan fingerprint density at radius 2 is 1.79 bits per heavy atom. The molecule has 6 nitrogen and oxygen atoms in total. The van der Waals surface area contributed by atoms with E-state index in [0.29, 0.717) is 29.6 Å². The maximum atomic E-state index is 6.19. The summed E-state index contributed by atoms with van der Waals surface area (Å²) in [7, 11) is 0. The molecule has 0 spiro atoms. The topological polar surface area (TPSA) is 61.3 Å². The van der Waals surface area contributed by atoms with Crippen molar-refractivity contribution in [2.45, 2.75) is 13.0 Å². The van der Waals surface area contributed by atoms with Gasteiger partial charge in [-0.05, 0) is 54.2 Å². The van der Waals surface area contributed by atoms with Crippen LogP contribution in [0, 0.1) is 4.77 Å². The monoisotopic (exact) mass is 405 g/mol. The molecule has 146 valence electrons. The van der Waals surface area contributed by atoms with Crippen LogP contribution in [0.4, 0.5) is 0 Å². The van der Waals surface area contributed by atoms with Gasteiger partial charge < -0.3 is 14.2 Å². The molecule has 0 unspecified atom stereocenters. The van der Waals surface area contributed by atoms with Gasteiger partial charge in [0, 0.05) is 6.07 Å². The highest BCUT2D eigenvalue weighted by Crippen LogP contribution is 2.33. The van der Waals surface area contributed by atoms with Gasteiger partial charge in [0.1, 0.15) is 19.0 Å². The zero-order valence-electron chi connectivity index (χ0n) is 15.8. The number of H-pyrrole nitrogens is 1. The van der Waals surface area contributed by atoms with Crippen molar-refractivity contribution in [2.75, 3.05) is 13.2 Å². The lowest BCUT2D eigenvalue weighted by molar-refractivity contribution is 0.171. The lowest BCUT2D eigenvalue weighted by atomic mass is 10.1. The zero-order chi connectivity index (χ0) is 19.8. The number of hydrogen-bond acceptors (Lipinski definition) is 5. The maximum absolute atomic E-state index is 6.19. The van der Waals surface area contributed by atoms with Crippen molar-refractivity contribution >= 4 is 23.0 Å². The van der Waals surface area contributed by atoms with Gasteiger partial charge in [-0.1, -0.05) is 30.3 Å². The SMILES string of the molecule is C[C@H](Oc1ccc2ccccc2c1)c1n[nH]c(=S)n1-c1ccc2c(c1)OCCO2. The molecule has 29 heavy (non-hydrogen) atoms. The summed E-state index contributed by atoms with van der Waals surface area (Å²) in [6.07, 6.45) is -0.322. The molecule has 0 aliphatic carbocycles. The number of nitrogens with zero attached hydrogens (tertiary/aromatic N) is 2. The van der Waals surface area contributed by atoms with Crippen molar-refractivity contribution < 1.29 is 14.2 Å². The number of hydrogen-bond donors (Lipinski definition) is 1. The van der Waals surface area contributed by atoms with E-state index in [-0.39, 0.29) is 6.10 Å². The average Bonchev–Trinajstić information content (AvgIpc) is 3.15. The summed E-state index contributed by atoms with van der Waals surface area (Å²) in [5, 5.41) is 9.59. The first-order valence-corrected chi connectivity index (χ1v) is 9.83. The second kappa shape index (κ2) is 7.25. The smallest absolute Gasteiger partial charge is 0.199 e. The molecule has 5 rings (SSSR count). The first kappa shape index (κ1) is 17.8. The van der Waals surface area contributed by atoms with Crippen LogP contribution in [-0.4, -0.2) is 28.0 Å². The Kier molecular flexibility index (Phi) is 4.44. The standard InChI is InChI=1S/C22H19N3O3S/c1-14(28-18-8-6-15-4-2-3-5-16(15)12-18)21-23-24-22(29)25(21)17-7-9-19-20(13-17)27-11-10-26-19/h2-9,12-14H,10-11H2,1H3,(H,24,29)/t14-/m0/s1. The van der Waals surface area contributed by atoms with Crippen LogP contribution >= 0.6 is 12.2 Å². The number of fused-ring (bicyclic) bond motifs is 2. The molecule has 2 heterocycles. The fraction of sp³-hybridized carbons (Fsp3) is 0.182. The van der Waals surface area contributed by atoms with E-state index in [9.17, 15) is 0 Å². The van der Waals surface area contributed by atoms with Crippen LogP contribution in [-0.2, 0) is 0 Å². The number of nitrogens with one attached hydrogen (secondary N) is 1. The van der Waals surface area contributed by atoms with E-state index in [0.717, 1.165) is 22.6 Å².